The molecule has 0 bridgehead atoms. The Hall–Kier alpha value is -3.07. The molecule has 0 aliphatic rings. The van der Waals surface area contributed by atoms with Gasteiger partial charge in [-0.3, -0.25) is 0 Å². The van der Waals surface area contributed by atoms with E-state index in [0.717, 1.165) is 32.8 Å². The van der Waals surface area contributed by atoms with E-state index in [2.05, 4.69) is 98.7 Å². The summed E-state index contributed by atoms with van der Waals surface area (Å²) in [5.41, 5.74) is 4.47. The molecule has 0 aromatic heterocycles. The molecule has 5 aromatic carbocycles. The van der Waals surface area contributed by atoms with Crippen LogP contribution in [0.15, 0.2) is 91.0 Å². The van der Waals surface area contributed by atoms with Crippen LogP contribution in [0.1, 0.15) is 79.0 Å². The quantitative estimate of drug-likeness (QED) is 0.187. The van der Waals surface area contributed by atoms with Gasteiger partial charge in [0.2, 0.25) is 0 Å². The zero-order valence-corrected chi connectivity index (χ0v) is 27.3. The molecule has 0 amide bonds. The third-order valence-electron chi connectivity index (χ3n) is 8.39. The van der Waals surface area contributed by atoms with Crippen LogP contribution in [-0.4, -0.2) is 14.7 Å². The summed E-state index contributed by atoms with van der Waals surface area (Å²) in [6, 6.07) is 29.7. The molecule has 0 fully saturated rings. The Labute approximate surface area is 251 Å². The molecule has 42 heavy (non-hydrogen) atoms. The number of hydrogen-bond donors (Lipinski definition) is 3. The molecule has 0 aliphatic heterocycles. The predicted octanol–water partition coefficient (Wildman–Crippen LogP) is 8.78. The molecule has 0 unspecified atom stereocenters. The first kappa shape index (κ1) is 30.4. The zero-order chi connectivity index (χ0) is 30.9. The average Bonchev–Trinajstić information content (AvgIpc) is 2.89. The fourth-order valence-corrected chi connectivity index (χ4v) is 8.31. The van der Waals surface area contributed by atoms with Crippen LogP contribution in [0.2, 0.25) is 0 Å². The van der Waals surface area contributed by atoms with Crippen molar-refractivity contribution in [1.82, 2.24) is 0 Å². The van der Waals surface area contributed by atoms with Crippen LogP contribution in [-0.2, 0) is 16.2 Å². The van der Waals surface area contributed by atoms with Gasteiger partial charge < -0.3 is 0 Å². The molecule has 5 aromatic rings. The molecular weight excluding hydrogens is 535 g/mol. The molecule has 0 saturated carbocycles. The Morgan fingerprint density at radius 1 is 0.476 bits per heavy atom. The second kappa shape index (κ2) is 9.73. The summed E-state index contributed by atoms with van der Waals surface area (Å²) < 4.78 is 0. The van der Waals surface area contributed by atoms with Gasteiger partial charge in [-0.15, -0.1) is 0 Å². The Balaban J connectivity index is 1.83. The van der Waals surface area contributed by atoms with Crippen LogP contribution >= 0.6 is 7.28 Å². The van der Waals surface area contributed by atoms with E-state index in [0.29, 0.717) is 0 Å². The molecule has 4 heteroatoms. The zero-order valence-electron chi connectivity index (χ0n) is 26.4. The fourth-order valence-electron chi connectivity index (χ4n) is 6.08. The summed E-state index contributed by atoms with van der Waals surface area (Å²) in [5.74, 6) is 0. The van der Waals surface area contributed by atoms with Crippen molar-refractivity contribution in [2.24, 2.45) is 0 Å². The topological polar surface area (TPSA) is 60.7 Å². The van der Waals surface area contributed by atoms with Crippen molar-refractivity contribution in [1.29, 1.82) is 0 Å². The predicted molar refractivity (Wildman–Crippen MR) is 182 cm³/mol. The van der Waals surface area contributed by atoms with Gasteiger partial charge in [0.25, 0.3) is 0 Å². The van der Waals surface area contributed by atoms with Crippen molar-refractivity contribution in [3.63, 3.8) is 0 Å². The second-order valence-electron chi connectivity index (χ2n) is 14.9. The molecular formula is C38H45O3P. The first-order chi connectivity index (χ1) is 19.3. The van der Waals surface area contributed by atoms with E-state index >= 15 is 0 Å². The summed E-state index contributed by atoms with van der Waals surface area (Å²) in [4.78, 5) is 36.1. The molecule has 0 atom stereocenters. The summed E-state index contributed by atoms with van der Waals surface area (Å²) >= 11 is 0. The van der Waals surface area contributed by atoms with Crippen LogP contribution in [0.5, 0.6) is 0 Å². The van der Waals surface area contributed by atoms with E-state index in [9.17, 15) is 14.7 Å². The molecule has 3 nitrogen and oxygen atoms in total. The molecule has 0 saturated heterocycles. The molecule has 3 N–H and O–H groups in total. The van der Waals surface area contributed by atoms with Crippen LogP contribution in [0.25, 0.3) is 32.7 Å². The van der Waals surface area contributed by atoms with E-state index in [4.69, 9.17) is 0 Å². The summed E-state index contributed by atoms with van der Waals surface area (Å²) in [6.07, 6.45) is 0. The first-order valence-electron chi connectivity index (χ1n) is 14.7. The first-order valence-corrected chi connectivity index (χ1v) is 16.8. The molecule has 5 rings (SSSR count). The van der Waals surface area contributed by atoms with Gasteiger partial charge in [0.05, 0.1) is 0 Å². The third-order valence-corrected chi connectivity index (χ3v) is 10.9. The molecule has 0 radical (unpaired) electrons. The second-order valence-corrected chi connectivity index (χ2v) is 17.9. The average molecular weight is 581 g/mol. The molecule has 0 aliphatic carbocycles. The number of benzene rings is 5. The maximum absolute atomic E-state index is 12.0. The van der Waals surface area contributed by atoms with Gasteiger partial charge in [-0.05, 0) is 0 Å². The van der Waals surface area contributed by atoms with Gasteiger partial charge in [0, 0.05) is 0 Å². The van der Waals surface area contributed by atoms with Gasteiger partial charge in [0.1, 0.15) is 0 Å². The Bertz CT molecular complexity index is 1820. The van der Waals surface area contributed by atoms with Crippen molar-refractivity contribution in [3.8, 4) is 11.1 Å². The Morgan fingerprint density at radius 2 is 1.10 bits per heavy atom. The molecule has 220 valence electrons. The maximum atomic E-state index is 12.0. The molecule has 0 spiro atoms. The standard InChI is InChI=1S/C38H45O3P/c1-36(2,3)29-19-17-27-23-32(33(37(4,5)6)24-28(27)21-29)31-15-12-16-34(35(31)38(7,8)9)42(39,40,41)30-20-18-25-13-10-11-14-26(25)22-30/h10-24,39-41H,1-9H3. The fraction of sp³-hybridized carbons (Fsp3) is 0.316. The Morgan fingerprint density at radius 3 is 1.71 bits per heavy atom. The number of fused-ring (bicyclic) bond motifs is 2. The third kappa shape index (κ3) is 5.40. The van der Waals surface area contributed by atoms with E-state index in [1.54, 1.807) is 18.2 Å². The van der Waals surface area contributed by atoms with Crippen LogP contribution in [0.4, 0.5) is 0 Å². The van der Waals surface area contributed by atoms with Crippen LogP contribution in [0, 0.1) is 0 Å². The van der Waals surface area contributed by atoms with E-state index < -0.39 is 12.7 Å². The SMILES string of the molecule is CC(C)(C)c1ccc2cc(-c3cccc(P(O)(O)(O)c4ccc5ccccc5c4)c3C(C)(C)C)c(C(C)(C)C)cc2c1. The summed E-state index contributed by atoms with van der Waals surface area (Å²) in [7, 11) is -5.54. The monoisotopic (exact) mass is 580 g/mol. The van der Waals surface area contributed by atoms with Gasteiger partial charge in [0.15, 0.2) is 0 Å². The van der Waals surface area contributed by atoms with Gasteiger partial charge in [-0.25, -0.2) is 0 Å². The van der Waals surface area contributed by atoms with E-state index in [1.807, 2.05) is 36.4 Å². The van der Waals surface area contributed by atoms with Crippen LogP contribution < -0.4 is 10.6 Å². The minimum absolute atomic E-state index is 0.0383. The minimum atomic E-state index is -5.54. The van der Waals surface area contributed by atoms with E-state index in [-0.39, 0.29) is 21.4 Å². The normalized spacial score (nSPS) is 14.2. The van der Waals surface area contributed by atoms with Gasteiger partial charge in [-0.1, -0.05) is 0 Å². The van der Waals surface area contributed by atoms with Crippen molar-refractivity contribution in [3.05, 3.63) is 108 Å². The van der Waals surface area contributed by atoms with Crippen molar-refractivity contribution in [2.75, 3.05) is 0 Å². The van der Waals surface area contributed by atoms with Crippen molar-refractivity contribution >= 4 is 39.4 Å². The van der Waals surface area contributed by atoms with Crippen LogP contribution in [0.3, 0.4) is 0 Å². The van der Waals surface area contributed by atoms with Gasteiger partial charge in [-0.2, -0.15) is 0 Å². The van der Waals surface area contributed by atoms with Gasteiger partial charge >= 0.3 is 251 Å². The number of rotatable bonds is 3. The number of hydrogen-bond acceptors (Lipinski definition) is 3. The van der Waals surface area contributed by atoms with E-state index in [1.165, 1.54) is 16.5 Å². The molecule has 0 heterocycles. The summed E-state index contributed by atoms with van der Waals surface area (Å²) in [5, 5.41) is 4.44. The van der Waals surface area contributed by atoms with Crippen molar-refractivity contribution < 1.29 is 14.7 Å². The summed E-state index contributed by atoms with van der Waals surface area (Å²) in [6.45, 7) is 19.5. The Kier molecular flexibility index (Phi) is 7.04. The van der Waals surface area contributed by atoms with Crippen molar-refractivity contribution in [2.45, 2.75) is 78.6 Å².